The molecule has 3 aliphatic rings. The average Bonchev–Trinajstić information content (AvgIpc) is 3.22. The van der Waals surface area contributed by atoms with Gasteiger partial charge in [0, 0.05) is 22.3 Å². The highest BCUT2D eigenvalue weighted by Gasteiger charge is 2.54. The molecule has 3 heteroatoms. The van der Waals surface area contributed by atoms with Gasteiger partial charge in [0.15, 0.2) is 0 Å². The maximum Gasteiger partial charge on any atom is 0.231 e. The zero-order chi connectivity index (χ0) is 14.8. The number of carbonyl (C=O) groups excluding carboxylic acids is 1. The third-order valence-electron chi connectivity index (χ3n) is 5.71. The number of benzene rings is 2. The van der Waals surface area contributed by atoms with Crippen molar-refractivity contribution in [3.63, 3.8) is 0 Å². The highest BCUT2D eigenvalue weighted by atomic mass is 79.9. The summed E-state index contributed by atoms with van der Waals surface area (Å²) in [5.74, 6) is 2.16. The maximum absolute atomic E-state index is 13.0. The van der Waals surface area contributed by atoms with Crippen LogP contribution in [-0.2, 0) is 4.79 Å². The third kappa shape index (κ3) is 1.58. The number of nitrogens with zero attached hydrogens (tertiary/aromatic N) is 1. The van der Waals surface area contributed by atoms with Crippen molar-refractivity contribution in [3.05, 3.63) is 53.0 Å². The van der Waals surface area contributed by atoms with E-state index >= 15 is 0 Å². The first-order valence-corrected chi connectivity index (χ1v) is 8.70. The summed E-state index contributed by atoms with van der Waals surface area (Å²) in [5, 5.41) is 2.33. The molecular weight excluding hydrogens is 338 g/mol. The lowest BCUT2D eigenvalue weighted by Gasteiger charge is -2.21. The molecule has 0 spiro atoms. The predicted octanol–water partition coefficient (Wildman–Crippen LogP) is 4.39. The molecule has 2 aliphatic carbocycles. The highest BCUT2D eigenvalue weighted by molar-refractivity contribution is 9.10. The van der Waals surface area contributed by atoms with Gasteiger partial charge in [0.1, 0.15) is 0 Å². The van der Waals surface area contributed by atoms with Gasteiger partial charge in [-0.1, -0.05) is 52.3 Å². The molecule has 2 bridgehead atoms. The second-order valence-electron chi connectivity index (χ2n) is 6.70. The Labute approximate surface area is 137 Å². The zero-order valence-corrected chi connectivity index (χ0v) is 13.7. The molecule has 1 amide bonds. The van der Waals surface area contributed by atoms with E-state index in [1.54, 1.807) is 0 Å². The van der Waals surface area contributed by atoms with Gasteiger partial charge in [-0.3, -0.25) is 4.79 Å². The smallest absolute Gasteiger partial charge is 0.231 e. The van der Waals surface area contributed by atoms with Crippen LogP contribution in [-0.4, -0.2) is 12.5 Å². The Balaban J connectivity index is 1.62. The summed E-state index contributed by atoms with van der Waals surface area (Å²) < 4.78 is 1.08. The highest BCUT2D eigenvalue weighted by Crippen LogP contribution is 2.53. The van der Waals surface area contributed by atoms with Gasteiger partial charge in [0.2, 0.25) is 5.91 Å². The largest absolute Gasteiger partial charge is 0.311 e. The van der Waals surface area contributed by atoms with Gasteiger partial charge in [-0.25, -0.2) is 0 Å². The molecule has 1 saturated heterocycles. The summed E-state index contributed by atoms with van der Waals surface area (Å²) in [4.78, 5) is 15.0. The summed E-state index contributed by atoms with van der Waals surface area (Å²) >= 11 is 3.62. The average molecular weight is 354 g/mol. The van der Waals surface area contributed by atoms with Gasteiger partial charge in [-0.15, -0.1) is 0 Å². The van der Waals surface area contributed by atoms with E-state index in [0.29, 0.717) is 23.7 Å². The summed E-state index contributed by atoms with van der Waals surface area (Å²) in [5.41, 5.74) is 1.07. The number of fused-ring (bicyclic) bond motifs is 6. The minimum Gasteiger partial charge on any atom is -0.311 e. The van der Waals surface area contributed by atoms with Crippen LogP contribution in [0.2, 0.25) is 0 Å². The number of hydrogen-bond donors (Lipinski definition) is 0. The lowest BCUT2D eigenvalue weighted by atomic mass is 9.86. The topological polar surface area (TPSA) is 20.3 Å². The third-order valence-corrected chi connectivity index (χ3v) is 6.40. The second-order valence-corrected chi connectivity index (χ2v) is 7.55. The van der Waals surface area contributed by atoms with Crippen LogP contribution in [0.1, 0.15) is 6.42 Å². The first-order chi connectivity index (χ1) is 10.7. The first-order valence-electron chi connectivity index (χ1n) is 7.91. The zero-order valence-electron chi connectivity index (χ0n) is 12.1. The normalized spacial score (nSPS) is 32.2. The van der Waals surface area contributed by atoms with Crippen LogP contribution in [0.4, 0.5) is 5.69 Å². The number of halogens is 1. The predicted molar refractivity (Wildman–Crippen MR) is 91.7 cm³/mol. The fraction of sp³-hybridized carbons (Fsp3) is 0.316. The Hall–Kier alpha value is -1.61. The van der Waals surface area contributed by atoms with Crippen LogP contribution in [0.3, 0.4) is 0 Å². The Morgan fingerprint density at radius 1 is 1.00 bits per heavy atom. The van der Waals surface area contributed by atoms with Crippen molar-refractivity contribution in [1.29, 1.82) is 0 Å². The van der Waals surface area contributed by atoms with E-state index in [-0.39, 0.29) is 5.92 Å². The van der Waals surface area contributed by atoms with E-state index in [9.17, 15) is 4.79 Å². The fourth-order valence-corrected chi connectivity index (χ4v) is 5.20. The molecule has 2 aromatic carbocycles. The maximum atomic E-state index is 13.0. The van der Waals surface area contributed by atoms with E-state index in [2.05, 4.69) is 52.3 Å². The Morgan fingerprint density at radius 3 is 2.59 bits per heavy atom. The van der Waals surface area contributed by atoms with Crippen molar-refractivity contribution in [2.75, 3.05) is 11.4 Å². The van der Waals surface area contributed by atoms with Gasteiger partial charge >= 0.3 is 0 Å². The molecule has 0 radical (unpaired) electrons. The van der Waals surface area contributed by atoms with Crippen molar-refractivity contribution >= 4 is 38.3 Å². The SMILES string of the molecule is O=C1C2C3C=CC(C3)C2CN1c1ccc(Br)c2ccccc12. The Kier molecular flexibility index (Phi) is 2.61. The Bertz CT molecular complexity index is 827. The van der Waals surface area contributed by atoms with Crippen LogP contribution in [0, 0.1) is 23.7 Å². The van der Waals surface area contributed by atoms with Crippen molar-refractivity contribution in [1.82, 2.24) is 0 Å². The van der Waals surface area contributed by atoms with Gasteiger partial charge in [-0.05, 0) is 41.7 Å². The lowest BCUT2D eigenvalue weighted by molar-refractivity contribution is -0.121. The molecule has 1 aliphatic heterocycles. The molecule has 110 valence electrons. The van der Waals surface area contributed by atoms with Crippen molar-refractivity contribution in [2.24, 2.45) is 23.7 Å². The molecule has 0 aromatic heterocycles. The molecule has 2 fully saturated rings. The van der Waals surface area contributed by atoms with Crippen LogP contribution >= 0.6 is 15.9 Å². The van der Waals surface area contributed by atoms with Crippen LogP contribution in [0.15, 0.2) is 53.0 Å². The van der Waals surface area contributed by atoms with Crippen molar-refractivity contribution < 1.29 is 4.79 Å². The molecule has 5 rings (SSSR count). The van der Waals surface area contributed by atoms with Crippen LogP contribution in [0.25, 0.3) is 10.8 Å². The summed E-state index contributed by atoms with van der Waals surface area (Å²) in [6, 6.07) is 12.5. The minimum atomic E-state index is 0.220. The number of allylic oxidation sites excluding steroid dienone is 2. The van der Waals surface area contributed by atoms with Crippen LogP contribution < -0.4 is 4.90 Å². The summed E-state index contributed by atoms with van der Waals surface area (Å²) in [7, 11) is 0. The van der Waals surface area contributed by atoms with E-state index < -0.39 is 0 Å². The molecule has 22 heavy (non-hydrogen) atoms. The van der Waals surface area contributed by atoms with Gasteiger partial charge < -0.3 is 4.90 Å². The lowest BCUT2D eigenvalue weighted by Crippen LogP contribution is -2.29. The van der Waals surface area contributed by atoms with Gasteiger partial charge in [-0.2, -0.15) is 0 Å². The molecule has 0 N–H and O–H groups in total. The second kappa shape index (κ2) is 4.45. The molecule has 2 nitrogen and oxygen atoms in total. The molecule has 1 saturated carbocycles. The molecule has 4 unspecified atom stereocenters. The fourth-order valence-electron chi connectivity index (χ4n) is 4.72. The molecule has 4 atom stereocenters. The molecular formula is C19H16BrNO. The van der Waals surface area contributed by atoms with Gasteiger partial charge in [0.25, 0.3) is 0 Å². The Morgan fingerprint density at radius 2 is 1.77 bits per heavy atom. The van der Waals surface area contributed by atoms with Crippen molar-refractivity contribution in [2.45, 2.75) is 6.42 Å². The summed E-state index contributed by atoms with van der Waals surface area (Å²) in [6.07, 6.45) is 5.80. The number of carbonyl (C=O) groups is 1. The van der Waals surface area contributed by atoms with Crippen LogP contribution in [0.5, 0.6) is 0 Å². The molecule has 2 aromatic rings. The number of anilines is 1. The summed E-state index contributed by atoms with van der Waals surface area (Å²) in [6.45, 7) is 0.876. The minimum absolute atomic E-state index is 0.220. The van der Waals surface area contributed by atoms with E-state index in [0.717, 1.165) is 22.1 Å². The standard InChI is InChI=1S/C19H16BrNO/c20-16-7-8-17(14-4-2-1-3-13(14)16)21-10-15-11-5-6-12(9-11)18(15)19(21)22/h1-8,11-12,15,18H,9-10H2. The monoisotopic (exact) mass is 353 g/mol. The van der Waals surface area contributed by atoms with E-state index in [1.807, 2.05) is 17.0 Å². The first kappa shape index (κ1) is 12.9. The van der Waals surface area contributed by atoms with E-state index in [1.165, 1.54) is 11.8 Å². The number of amides is 1. The molecule has 1 heterocycles. The quantitative estimate of drug-likeness (QED) is 0.696. The number of rotatable bonds is 1. The van der Waals surface area contributed by atoms with E-state index in [4.69, 9.17) is 0 Å². The van der Waals surface area contributed by atoms with Crippen molar-refractivity contribution in [3.8, 4) is 0 Å². The number of hydrogen-bond acceptors (Lipinski definition) is 1. The van der Waals surface area contributed by atoms with Gasteiger partial charge in [0.05, 0.1) is 5.69 Å².